The Labute approximate surface area is 204 Å². The fourth-order valence-electron chi connectivity index (χ4n) is 3.99. The number of carboxylic acids is 1. The van der Waals surface area contributed by atoms with Gasteiger partial charge in [0.05, 0.1) is 18.1 Å². The van der Waals surface area contributed by atoms with Crippen LogP contribution in [-0.2, 0) is 14.9 Å². The molecular weight excluding hydrogens is 434 g/mol. The zero-order valence-electron chi connectivity index (χ0n) is 22.5. The molecular formula is C27H45NO6. The van der Waals surface area contributed by atoms with E-state index in [4.69, 9.17) is 4.74 Å². The Hall–Kier alpha value is -2.28. The number of carbonyl (C=O) groups excluding carboxylic acids is 1. The number of benzene rings is 1. The molecule has 0 heterocycles. The fourth-order valence-corrected chi connectivity index (χ4v) is 3.99. The molecule has 0 aliphatic heterocycles. The van der Waals surface area contributed by atoms with Crippen molar-refractivity contribution in [3.63, 3.8) is 0 Å². The highest BCUT2D eigenvalue weighted by Crippen LogP contribution is 2.38. The van der Waals surface area contributed by atoms with E-state index in [1.54, 1.807) is 32.9 Å². The Morgan fingerprint density at radius 1 is 1.03 bits per heavy atom. The number of amides is 1. The van der Waals surface area contributed by atoms with E-state index in [0.717, 1.165) is 5.56 Å². The largest absolute Gasteiger partial charge is 0.508 e. The molecule has 1 aromatic carbocycles. The summed E-state index contributed by atoms with van der Waals surface area (Å²) in [6, 6.07) is 4.31. The van der Waals surface area contributed by atoms with E-state index < -0.39 is 41.6 Å². The van der Waals surface area contributed by atoms with E-state index in [9.17, 15) is 24.9 Å². The summed E-state index contributed by atoms with van der Waals surface area (Å²) in [6.07, 6.45) is -1.45. The van der Waals surface area contributed by atoms with E-state index in [1.165, 1.54) is 13.0 Å². The van der Waals surface area contributed by atoms with Gasteiger partial charge >= 0.3 is 12.1 Å². The summed E-state index contributed by atoms with van der Waals surface area (Å²) >= 11 is 0. The highest BCUT2D eigenvalue weighted by molar-refractivity contribution is 5.71. The van der Waals surface area contributed by atoms with Crippen LogP contribution in [-0.4, -0.2) is 45.1 Å². The molecule has 0 aliphatic rings. The molecule has 1 aromatic rings. The molecule has 7 nitrogen and oxygen atoms in total. The number of carbonyl (C=O) groups is 2. The second-order valence-electron chi connectivity index (χ2n) is 11.9. The summed E-state index contributed by atoms with van der Waals surface area (Å²) in [4.78, 5) is 24.6. The van der Waals surface area contributed by atoms with Crippen LogP contribution in [0.15, 0.2) is 18.2 Å². The summed E-state index contributed by atoms with van der Waals surface area (Å²) in [5.41, 5.74) is 0.208. The summed E-state index contributed by atoms with van der Waals surface area (Å²) in [6.45, 7) is 18.9. The molecule has 0 fully saturated rings. The van der Waals surface area contributed by atoms with Crippen LogP contribution in [0.4, 0.5) is 4.79 Å². The lowest BCUT2D eigenvalue weighted by Crippen LogP contribution is -2.50. The highest BCUT2D eigenvalue weighted by atomic mass is 16.6. The van der Waals surface area contributed by atoms with Crippen LogP contribution in [0.5, 0.6) is 5.75 Å². The minimum atomic E-state index is -1.22. The van der Waals surface area contributed by atoms with Gasteiger partial charge in [-0.25, -0.2) is 4.79 Å². The number of aliphatic carboxylic acids is 1. The zero-order chi connectivity index (χ0) is 26.6. The van der Waals surface area contributed by atoms with Gasteiger partial charge in [-0.2, -0.15) is 0 Å². The SMILES string of the molecule is CC(C(=O)O)C(c1ccc(C(C)(C)C)c(O)c1)[C@H](O)[C@H](C[C@H](C)C(C)C)NC(=O)OC(C)(C)C. The third kappa shape index (κ3) is 8.49. The molecule has 7 heteroatoms. The maximum absolute atomic E-state index is 12.6. The number of aliphatic hydroxyl groups is 1. The molecule has 1 rings (SSSR count). The topological polar surface area (TPSA) is 116 Å². The predicted octanol–water partition coefficient (Wildman–Crippen LogP) is 5.43. The molecule has 0 saturated carbocycles. The van der Waals surface area contributed by atoms with Crippen molar-refractivity contribution in [3.05, 3.63) is 29.3 Å². The number of nitrogens with one attached hydrogen (secondary N) is 1. The number of ether oxygens (including phenoxy) is 1. The quantitative estimate of drug-likeness (QED) is 0.375. The summed E-state index contributed by atoms with van der Waals surface area (Å²) < 4.78 is 5.41. The number of rotatable bonds is 9. The van der Waals surface area contributed by atoms with Crippen molar-refractivity contribution in [1.29, 1.82) is 0 Å². The van der Waals surface area contributed by atoms with E-state index in [1.807, 2.05) is 27.7 Å². The second-order valence-corrected chi connectivity index (χ2v) is 11.9. The van der Waals surface area contributed by atoms with E-state index >= 15 is 0 Å². The van der Waals surface area contributed by atoms with Crippen molar-refractivity contribution in [2.24, 2.45) is 17.8 Å². The van der Waals surface area contributed by atoms with Crippen molar-refractivity contribution >= 4 is 12.1 Å². The van der Waals surface area contributed by atoms with Crippen LogP contribution in [0, 0.1) is 17.8 Å². The number of alkyl carbamates (subject to hydrolysis) is 1. The lowest BCUT2D eigenvalue weighted by atomic mass is 9.76. The van der Waals surface area contributed by atoms with Gasteiger partial charge in [0, 0.05) is 5.92 Å². The predicted molar refractivity (Wildman–Crippen MR) is 134 cm³/mol. The number of phenolic OH excluding ortho intramolecular Hbond substituents is 1. The molecule has 0 aromatic heterocycles. The lowest BCUT2D eigenvalue weighted by molar-refractivity contribution is -0.143. The first-order valence-corrected chi connectivity index (χ1v) is 12.1. The molecule has 0 bridgehead atoms. The van der Waals surface area contributed by atoms with Crippen LogP contribution < -0.4 is 5.32 Å². The van der Waals surface area contributed by atoms with Gasteiger partial charge in [0.2, 0.25) is 0 Å². The molecule has 4 N–H and O–H groups in total. The molecule has 2 unspecified atom stereocenters. The first-order chi connectivity index (χ1) is 15.3. The Kier molecular flexibility index (Phi) is 10.0. The molecule has 34 heavy (non-hydrogen) atoms. The molecule has 5 atom stereocenters. The van der Waals surface area contributed by atoms with Crippen LogP contribution in [0.25, 0.3) is 0 Å². The van der Waals surface area contributed by atoms with Crippen molar-refractivity contribution in [1.82, 2.24) is 5.32 Å². The first kappa shape index (κ1) is 29.8. The fraction of sp³-hybridized carbons (Fsp3) is 0.704. The Bertz CT molecular complexity index is 837. The Morgan fingerprint density at radius 2 is 1.59 bits per heavy atom. The number of hydrogen-bond donors (Lipinski definition) is 4. The first-order valence-electron chi connectivity index (χ1n) is 12.1. The number of phenols is 1. The summed E-state index contributed by atoms with van der Waals surface area (Å²) in [5, 5.41) is 34.8. The van der Waals surface area contributed by atoms with Crippen molar-refractivity contribution in [2.45, 2.75) is 105 Å². The van der Waals surface area contributed by atoms with Crippen LogP contribution in [0.3, 0.4) is 0 Å². The number of aromatic hydroxyl groups is 1. The number of carboxylic acid groups (broad SMARTS) is 1. The average molecular weight is 480 g/mol. The van der Waals surface area contributed by atoms with Crippen LogP contribution in [0.1, 0.15) is 92.7 Å². The standard InChI is InChI=1S/C27H45NO6/c1-15(2)16(3)13-20(28-25(33)34-27(8,9)10)23(30)22(17(4)24(31)32)18-11-12-19(21(29)14-18)26(5,6)7/h11-12,14-17,20,22-23,29-30H,13H2,1-10H3,(H,28,33)(H,31,32)/t16-,17?,20-,22?,23+/m0/s1. The summed E-state index contributed by atoms with van der Waals surface area (Å²) in [7, 11) is 0. The van der Waals surface area contributed by atoms with E-state index in [2.05, 4.69) is 19.2 Å². The zero-order valence-corrected chi connectivity index (χ0v) is 22.5. The van der Waals surface area contributed by atoms with Gasteiger partial charge in [-0.3, -0.25) is 4.79 Å². The van der Waals surface area contributed by atoms with Gasteiger partial charge in [0.1, 0.15) is 11.4 Å². The Morgan fingerprint density at radius 3 is 2.00 bits per heavy atom. The van der Waals surface area contributed by atoms with Crippen molar-refractivity contribution < 1.29 is 29.6 Å². The molecule has 0 saturated heterocycles. The molecule has 194 valence electrons. The Balaban J connectivity index is 3.46. The van der Waals surface area contributed by atoms with Crippen LogP contribution in [0.2, 0.25) is 0 Å². The summed E-state index contributed by atoms with van der Waals surface area (Å²) in [5.74, 6) is -2.42. The van der Waals surface area contributed by atoms with Gasteiger partial charge in [-0.05, 0) is 61.6 Å². The van der Waals surface area contributed by atoms with Crippen LogP contribution >= 0.6 is 0 Å². The smallest absolute Gasteiger partial charge is 0.407 e. The molecule has 0 spiro atoms. The minimum Gasteiger partial charge on any atom is -0.508 e. The highest BCUT2D eigenvalue weighted by Gasteiger charge is 2.38. The van der Waals surface area contributed by atoms with E-state index in [0.29, 0.717) is 17.9 Å². The molecule has 1 amide bonds. The lowest BCUT2D eigenvalue weighted by Gasteiger charge is -2.35. The van der Waals surface area contributed by atoms with Gasteiger partial charge in [0.25, 0.3) is 0 Å². The third-order valence-corrected chi connectivity index (χ3v) is 6.39. The minimum absolute atomic E-state index is 0.0481. The van der Waals surface area contributed by atoms with Gasteiger partial charge in [-0.1, -0.05) is 60.6 Å². The number of aliphatic hydroxyl groups excluding tert-OH is 1. The van der Waals surface area contributed by atoms with Crippen molar-refractivity contribution in [3.8, 4) is 5.75 Å². The third-order valence-electron chi connectivity index (χ3n) is 6.39. The maximum Gasteiger partial charge on any atom is 0.407 e. The number of hydrogen-bond acceptors (Lipinski definition) is 5. The van der Waals surface area contributed by atoms with E-state index in [-0.39, 0.29) is 17.1 Å². The molecule has 0 radical (unpaired) electrons. The van der Waals surface area contributed by atoms with Gasteiger partial charge < -0.3 is 25.4 Å². The van der Waals surface area contributed by atoms with Gasteiger partial charge in [-0.15, -0.1) is 0 Å². The second kappa shape index (κ2) is 11.4. The normalized spacial score (nSPS) is 16.9. The van der Waals surface area contributed by atoms with Crippen molar-refractivity contribution in [2.75, 3.05) is 0 Å². The molecule has 0 aliphatic carbocycles. The monoisotopic (exact) mass is 479 g/mol. The maximum atomic E-state index is 12.6. The van der Waals surface area contributed by atoms with Gasteiger partial charge in [0.15, 0.2) is 0 Å². The average Bonchev–Trinajstić information content (AvgIpc) is 2.64.